The van der Waals surface area contributed by atoms with E-state index in [2.05, 4.69) is 29.0 Å². The maximum absolute atomic E-state index is 13.0. The predicted molar refractivity (Wildman–Crippen MR) is 144 cm³/mol. The molecule has 0 unspecified atom stereocenters. The van der Waals surface area contributed by atoms with Gasteiger partial charge in [0.05, 0.1) is 42.2 Å². The number of amides is 1. The van der Waals surface area contributed by atoms with Crippen LogP contribution < -0.4 is 20.6 Å². The van der Waals surface area contributed by atoms with Gasteiger partial charge in [-0.1, -0.05) is 0 Å². The SMILES string of the molecule is COc1ccc2c(c1)n(CC1CCC(C(=O)Nc3ccc(N4C[C@@H](C)O[C@@H](C)C4)nc3)CC1)c(=O)n2C. The van der Waals surface area contributed by atoms with Gasteiger partial charge in [0, 0.05) is 38.7 Å². The molecule has 1 saturated carbocycles. The molecule has 9 heteroatoms. The molecule has 1 aliphatic heterocycles. The van der Waals surface area contributed by atoms with Crippen molar-refractivity contribution in [3.8, 4) is 5.75 Å². The van der Waals surface area contributed by atoms with Crippen molar-refractivity contribution in [3.63, 3.8) is 0 Å². The van der Waals surface area contributed by atoms with Gasteiger partial charge < -0.3 is 19.7 Å². The summed E-state index contributed by atoms with van der Waals surface area (Å²) in [6.45, 7) is 6.42. The summed E-state index contributed by atoms with van der Waals surface area (Å²) >= 11 is 0. The van der Waals surface area contributed by atoms with Gasteiger partial charge in [-0.05, 0) is 69.7 Å². The van der Waals surface area contributed by atoms with Gasteiger partial charge in [0.2, 0.25) is 5.91 Å². The zero-order valence-electron chi connectivity index (χ0n) is 22.1. The van der Waals surface area contributed by atoms with Crippen LogP contribution in [0.5, 0.6) is 5.75 Å². The zero-order chi connectivity index (χ0) is 26.1. The van der Waals surface area contributed by atoms with Crippen LogP contribution in [-0.4, -0.2) is 52.4 Å². The molecule has 2 atom stereocenters. The van der Waals surface area contributed by atoms with Crippen molar-refractivity contribution in [3.05, 3.63) is 47.0 Å². The number of hydrogen-bond donors (Lipinski definition) is 1. The fraction of sp³-hybridized carbons (Fsp3) is 0.536. The molecular weight excluding hydrogens is 470 g/mol. The lowest BCUT2D eigenvalue weighted by molar-refractivity contribution is -0.121. The second kappa shape index (κ2) is 10.6. The number of morpholine rings is 1. The van der Waals surface area contributed by atoms with Gasteiger partial charge in [0.15, 0.2) is 0 Å². The van der Waals surface area contributed by atoms with E-state index in [-0.39, 0.29) is 29.7 Å². The number of nitrogens with zero attached hydrogens (tertiary/aromatic N) is 4. The molecule has 1 aromatic carbocycles. The summed E-state index contributed by atoms with van der Waals surface area (Å²) in [7, 11) is 3.44. The molecule has 1 N–H and O–H groups in total. The Balaban J connectivity index is 1.17. The predicted octanol–water partition coefficient (Wildman–Crippen LogP) is 3.80. The lowest BCUT2D eigenvalue weighted by atomic mass is 9.81. The highest BCUT2D eigenvalue weighted by Gasteiger charge is 2.28. The fourth-order valence-electron chi connectivity index (χ4n) is 5.82. The first kappa shape index (κ1) is 25.3. The molecule has 2 fully saturated rings. The minimum absolute atomic E-state index is 0.0138. The Bertz CT molecular complexity index is 1300. The molecule has 0 radical (unpaired) electrons. The molecule has 5 rings (SSSR count). The van der Waals surface area contributed by atoms with Gasteiger partial charge in [0.25, 0.3) is 0 Å². The summed E-state index contributed by atoms with van der Waals surface area (Å²) in [5.41, 5.74) is 2.50. The third kappa shape index (κ3) is 5.37. The lowest BCUT2D eigenvalue weighted by Crippen LogP contribution is -2.45. The smallest absolute Gasteiger partial charge is 0.328 e. The second-order valence-electron chi connectivity index (χ2n) is 10.6. The largest absolute Gasteiger partial charge is 0.497 e. The summed E-state index contributed by atoms with van der Waals surface area (Å²) in [5.74, 6) is 2.03. The Labute approximate surface area is 217 Å². The lowest BCUT2D eigenvalue weighted by Gasteiger charge is -2.36. The molecule has 3 heterocycles. The van der Waals surface area contributed by atoms with Gasteiger partial charge in [-0.3, -0.25) is 13.9 Å². The van der Waals surface area contributed by atoms with E-state index in [1.54, 1.807) is 24.9 Å². The number of nitrogens with one attached hydrogen (secondary N) is 1. The fourth-order valence-corrected chi connectivity index (χ4v) is 5.82. The Hall–Kier alpha value is -3.33. The molecule has 3 aromatic rings. The number of rotatable bonds is 6. The van der Waals surface area contributed by atoms with Gasteiger partial charge in [-0.25, -0.2) is 9.78 Å². The normalized spacial score (nSPS) is 24.3. The van der Waals surface area contributed by atoms with Crippen molar-refractivity contribution in [2.75, 3.05) is 30.4 Å². The average Bonchev–Trinajstić information content (AvgIpc) is 3.13. The van der Waals surface area contributed by atoms with Gasteiger partial charge in [-0.15, -0.1) is 0 Å². The summed E-state index contributed by atoms with van der Waals surface area (Å²) in [5, 5.41) is 3.06. The molecule has 198 valence electrons. The number of carbonyl (C=O) groups is 1. The molecule has 37 heavy (non-hydrogen) atoms. The molecule has 1 amide bonds. The van der Waals surface area contributed by atoms with Crippen molar-refractivity contribution in [1.82, 2.24) is 14.1 Å². The van der Waals surface area contributed by atoms with Crippen molar-refractivity contribution >= 4 is 28.4 Å². The number of hydrogen-bond acceptors (Lipinski definition) is 6. The van der Waals surface area contributed by atoms with Crippen molar-refractivity contribution in [2.24, 2.45) is 18.9 Å². The number of ether oxygens (including phenoxy) is 2. The van der Waals surface area contributed by atoms with Gasteiger partial charge >= 0.3 is 5.69 Å². The topological polar surface area (TPSA) is 90.6 Å². The van der Waals surface area contributed by atoms with Crippen LogP contribution in [0, 0.1) is 11.8 Å². The Morgan fingerprint density at radius 1 is 1.08 bits per heavy atom. The standard InChI is InChI=1S/C28H37N5O4/c1-18-15-32(16-19(2)37-18)26-12-9-22(14-29-26)30-27(34)21-7-5-20(6-8-21)17-33-25-13-23(36-4)10-11-24(25)31(3)28(33)35/h9-14,18-21H,5-8,15-17H2,1-4H3,(H,30,34)/t18-,19+,20?,21?. The van der Waals surface area contributed by atoms with E-state index < -0.39 is 0 Å². The molecule has 0 bridgehead atoms. The van der Waals surface area contributed by atoms with E-state index in [0.717, 1.165) is 67.1 Å². The summed E-state index contributed by atoms with van der Waals surface area (Å²) < 4.78 is 14.7. The quantitative estimate of drug-likeness (QED) is 0.546. The first-order valence-electron chi connectivity index (χ1n) is 13.2. The van der Waals surface area contributed by atoms with E-state index in [4.69, 9.17) is 9.47 Å². The number of benzene rings is 1. The highest BCUT2D eigenvalue weighted by atomic mass is 16.5. The third-order valence-corrected chi connectivity index (χ3v) is 7.77. The Morgan fingerprint density at radius 3 is 2.46 bits per heavy atom. The van der Waals surface area contributed by atoms with Crippen LogP contribution >= 0.6 is 0 Å². The summed E-state index contributed by atoms with van der Waals surface area (Å²) in [6, 6.07) is 9.63. The number of methoxy groups -OCH3 is 1. The van der Waals surface area contributed by atoms with Crippen LogP contribution in [-0.2, 0) is 23.1 Å². The Kier molecular flexibility index (Phi) is 7.24. The first-order chi connectivity index (χ1) is 17.8. The number of anilines is 2. The molecular formula is C28H37N5O4. The molecule has 2 aromatic heterocycles. The average molecular weight is 508 g/mol. The monoisotopic (exact) mass is 507 g/mol. The van der Waals surface area contributed by atoms with E-state index in [9.17, 15) is 9.59 Å². The van der Waals surface area contributed by atoms with Crippen molar-refractivity contribution in [2.45, 2.75) is 58.3 Å². The number of pyridine rings is 1. The number of imidazole rings is 1. The zero-order valence-corrected chi connectivity index (χ0v) is 22.1. The first-order valence-corrected chi connectivity index (χ1v) is 13.2. The maximum atomic E-state index is 13.0. The van der Waals surface area contributed by atoms with Crippen LogP contribution in [0.4, 0.5) is 11.5 Å². The molecule has 1 saturated heterocycles. The number of aromatic nitrogens is 3. The van der Waals surface area contributed by atoms with E-state index in [1.807, 2.05) is 34.9 Å². The number of aryl methyl sites for hydroxylation is 1. The number of carbonyl (C=O) groups excluding carboxylic acids is 1. The van der Waals surface area contributed by atoms with E-state index in [1.165, 1.54) is 0 Å². The van der Waals surface area contributed by atoms with Crippen molar-refractivity contribution < 1.29 is 14.3 Å². The minimum Gasteiger partial charge on any atom is -0.497 e. The van der Waals surface area contributed by atoms with Crippen LogP contribution in [0.3, 0.4) is 0 Å². The van der Waals surface area contributed by atoms with Crippen LogP contribution in [0.1, 0.15) is 39.5 Å². The third-order valence-electron chi connectivity index (χ3n) is 7.77. The minimum atomic E-state index is -0.0267. The number of fused-ring (bicyclic) bond motifs is 1. The van der Waals surface area contributed by atoms with E-state index in [0.29, 0.717) is 12.5 Å². The highest BCUT2D eigenvalue weighted by Crippen LogP contribution is 2.32. The molecule has 2 aliphatic rings. The van der Waals surface area contributed by atoms with Crippen LogP contribution in [0.15, 0.2) is 41.3 Å². The van der Waals surface area contributed by atoms with Gasteiger partial charge in [0.1, 0.15) is 11.6 Å². The van der Waals surface area contributed by atoms with Crippen LogP contribution in [0.2, 0.25) is 0 Å². The highest BCUT2D eigenvalue weighted by molar-refractivity contribution is 5.92. The molecule has 0 spiro atoms. The summed E-state index contributed by atoms with van der Waals surface area (Å²) in [4.78, 5) is 32.7. The summed E-state index contributed by atoms with van der Waals surface area (Å²) in [6.07, 6.45) is 5.53. The van der Waals surface area contributed by atoms with E-state index >= 15 is 0 Å². The molecule has 1 aliphatic carbocycles. The van der Waals surface area contributed by atoms with Crippen LogP contribution in [0.25, 0.3) is 11.0 Å². The maximum Gasteiger partial charge on any atom is 0.328 e. The second-order valence-corrected chi connectivity index (χ2v) is 10.6. The Morgan fingerprint density at radius 2 is 1.81 bits per heavy atom. The van der Waals surface area contributed by atoms with Crippen molar-refractivity contribution in [1.29, 1.82) is 0 Å². The molecule has 9 nitrogen and oxygen atoms in total. The van der Waals surface area contributed by atoms with Gasteiger partial charge in [-0.2, -0.15) is 0 Å².